The number of pyridine rings is 1. The van der Waals surface area contributed by atoms with Gasteiger partial charge in [-0.25, -0.2) is 4.98 Å². The number of rotatable bonds is 8. The molecule has 1 atom stereocenters. The molecule has 0 bridgehead atoms. The van der Waals surface area contributed by atoms with E-state index in [0.29, 0.717) is 34.6 Å². The maximum absolute atomic E-state index is 13.4. The van der Waals surface area contributed by atoms with Gasteiger partial charge in [-0.2, -0.15) is 0 Å². The Hall–Kier alpha value is -3.25. The zero-order chi connectivity index (χ0) is 22.4. The smallest absolute Gasteiger partial charge is 0.269 e. The first-order valence-corrected chi connectivity index (χ1v) is 10.2. The fourth-order valence-corrected chi connectivity index (χ4v) is 3.23. The van der Waals surface area contributed by atoms with Gasteiger partial charge in [0, 0.05) is 11.2 Å². The number of amides is 1. The summed E-state index contributed by atoms with van der Waals surface area (Å²) in [4.78, 5) is 19.3. The summed E-state index contributed by atoms with van der Waals surface area (Å²) in [5.41, 5.74) is 1.75. The number of methoxy groups -OCH3 is 2. The number of benzene rings is 2. The van der Waals surface area contributed by atoms with Crippen molar-refractivity contribution >= 4 is 23.3 Å². The number of carbonyl (C=O) groups is 1. The lowest BCUT2D eigenvalue weighted by Gasteiger charge is -2.26. The van der Waals surface area contributed by atoms with Crippen LogP contribution < -0.4 is 19.1 Å². The minimum Gasteiger partial charge on any atom is -0.493 e. The summed E-state index contributed by atoms with van der Waals surface area (Å²) in [5.74, 6) is 2.10. The van der Waals surface area contributed by atoms with E-state index >= 15 is 0 Å². The minimum absolute atomic E-state index is 0.221. The minimum atomic E-state index is -0.734. The van der Waals surface area contributed by atoms with Crippen LogP contribution in [-0.2, 0) is 11.3 Å². The van der Waals surface area contributed by atoms with Gasteiger partial charge in [0.1, 0.15) is 11.6 Å². The number of ether oxygens (including phenoxy) is 3. The molecule has 3 aromatic rings. The Morgan fingerprint density at radius 2 is 1.84 bits per heavy atom. The summed E-state index contributed by atoms with van der Waals surface area (Å²) in [6.07, 6.45) is 0.918. The molecule has 1 amide bonds. The maximum atomic E-state index is 13.4. The molecule has 6 nitrogen and oxygen atoms in total. The topological polar surface area (TPSA) is 60.9 Å². The van der Waals surface area contributed by atoms with Crippen molar-refractivity contribution < 1.29 is 19.0 Å². The van der Waals surface area contributed by atoms with Gasteiger partial charge in [-0.3, -0.25) is 9.69 Å². The van der Waals surface area contributed by atoms with Gasteiger partial charge in [-0.1, -0.05) is 23.7 Å². The van der Waals surface area contributed by atoms with E-state index in [1.54, 1.807) is 56.5 Å². The molecule has 0 aliphatic heterocycles. The standard InChI is InChI=1S/C24H25ClN2O4/c1-16-13-19(9-10-20(16)25)31-17(2)24(28)27(23-7-5-6-12-26-23)15-18-8-11-21(29-3)22(14-18)30-4/h5-14,17H,15H2,1-4H3/t17-/m0/s1. The average molecular weight is 441 g/mol. The summed E-state index contributed by atoms with van der Waals surface area (Å²) in [6.45, 7) is 3.90. The van der Waals surface area contributed by atoms with Crippen LogP contribution in [0.1, 0.15) is 18.1 Å². The van der Waals surface area contributed by atoms with Crippen LogP contribution in [0.3, 0.4) is 0 Å². The summed E-state index contributed by atoms with van der Waals surface area (Å²) in [7, 11) is 3.16. The molecule has 7 heteroatoms. The second kappa shape index (κ2) is 10.2. The molecule has 0 saturated heterocycles. The molecule has 0 radical (unpaired) electrons. The molecular weight excluding hydrogens is 416 g/mol. The number of hydrogen-bond acceptors (Lipinski definition) is 5. The van der Waals surface area contributed by atoms with Crippen molar-refractivity contribution in [2.45, 2.75) is 26.5 Å². The molecule has 0 saturated carbocycles. The van der Waals surface area contributed by atoms with Crippen molar-refractivity contribution in [2.24, 2.45) is 0 Å². The summed E-state index contributed by atoms with van der Waals surface area (Å²) in [5, 5.41) is 0.648. The van der Waals surface area contributed by atoms with Crippen LogP contribution in [0.4, 0.5) is 5.82 Å². The van der Waals surface area contributed by atoms with Crippen molar-refractivity contribution in [2.75, 3.05) is 19.1 Å². The highest BCUT2D eigenvalue weighted by molar-refractivity contribution is 6.31. The van der Waals surface area contributed by atoms with Gasteiger partial charge in [0.25, 0.3) is 5.91 Å². The molecule has 0 unspecified atom stereocenters. The van der Waals surface area contributed by atoms with Crippen molar-refractivity contribution in [1.82, 2.24) is 4.98 Å². The van der Waals surface area contributed by atoms with Crippen LogP contribution in [0, 0.1) is 6.92 Å². The number of aryl methyl sites for hydroxylation is 1. The van der Waals surface area contributed by atoms with Crippen molar-refractivity contribution in [3.05, 3.63) is 76.9 Å². The van der Waals surface area contributed by atoms with Crippen LogP contribution in [0.5, 0.6) is 17.2 Å². The van der Waals surface area contributed by atoms with Gasteiger partial charge < -0.3 is 14.2 Å². The van der Waals surface area contributed by atoms with E-state index in [1.807, 2.05) is 37.3 Å². The first-order valence-electron chi connectivity index (χ1n) is 9.79. The molecule has 0 aliphatic rings. The summed E-state index contributed by atoms with van der Waals surface area (Å²) < 4.78 is 16.6. The lowest BCUT2D eigenvalue weighted by atomic mass is 10.1. The maximum Gasteiger partial charge on any atom is 0.269 e. The van der Waals surface area contributed by atoms with Crippen LogP contribution >= 0.6 is 11.6 Å². The molecule has 2 aromatic carbocycles. The quantitative estimate of drug-likeness (QED) is 0.490. The first-order chi connectivity index (χ1) is 14.9. The van der Waals surface area contributed by atoms with Gasteiger partial charge in [0.05, 0.1) is 20.8 Å². The highest BCUT2D eigenvalue weighted by Crippen LogP contribution is 2.29. The van der Waals surface area contributed by atoms with Crippen molar-refractivity contribution in [3.63, 3.8) is 0 Å². The molecular formula is C24H25ClN2O4. The SMILES string of the molecule is COc1ccc(CN(C(=O)[C@H](C)Oc2ccc(Cl)c(C)c2)c2ccccn2)cc1OC. The van der Waals surface area contributed by atoms with Gasteiger partial charge in [-0.05, 0) is 67.4 Å². The normalized spacial score (nSPS) is 11.5. The molecule has 162 valence electrons. The van der Waals surface area contributed by atoms with Gasteiger partial charge >= 0.3 is 0 Å². The third-order valence-electron chi connectivity index (χ3n) is 4.77. The molecule has 0 spiro atoms. The van der Waals surface area contributed by atoms with E-state index in [1.165, 1.54) is 0 Å². The van der Waals surface area contributed by atoms with Crippen molar-refractivity contribution in [1.29, 1.82) is 0 Å². The van der Waals surface area contributed by atoms with Crippen LogP contribution in [0.25, 0.3) is 0 Å². The Morgan fingerprint density at radius 1 is 1.06 bits per heavy atom. The van der Waals surface area contributed by atoms with Gasteiger partial charge in [0.2, 0.25) is 0 Å². The lowest BCUT2D eigenvalue weighted by Crippen LogP contribution is -2.40. The van der Waals surface area contributed by atoms with E-state index in [0.717, 1.165) is 11.1 Å². The fourth-order valence-electron chi connectivity index (χ4n) is 3.11. The van der Waals surface area contributed by atoms with Crippen LogP contribution in [-0.4, -0.2) is 31.2 Å². The second-order valence-electron chi connectivity index (χ2n) is 6.97. The Bertz CT molecular complexity index is 1040. The van der Waals surface area contributed by atoms with Crippen molar-refractivity contribution in [3.8, 4) is 17.2 Å². The zero-order valence-electron chi connectivity index (χ0n) is 18.0. The van der Waals surface area contributed by atoms with Crippen LogP contribution in [0.15, 0.2) is 60.8 Å². The van der Waals surface area contributed by atoms with E-state index in [2.05, 4.69) is 4.98 Å². The number of carbonyl (C=O) groups excluding carboxylic acids is 1. The van der Waals surface area contributed by atoms with E-state index in [-0.39, 0.29) is 5.91 Å². The van der Waals surface area contributed by atoms with Crippen LogP contribution in [0.2, 0.25) is 5.02 Å². The summed E-state index contributed by atoms with van der Waals surface area (Å²) in [6, 6.07) is 16.3. The monoisotopic (exact) mass is 440 g/mol. The Kier molecular flexibility index (Phi) is 7.36. The van der Waals surface area contributed by atoms with E-state index in [9.17, 15) is 4.79 Å². The Morgan fingerprint density at radius 3 is 2.48 bits per heavy atom. The predicted molar refractivity (Wildman–Crippen MR) is 121 cm³/mol. The number of halogens is 1. The molecule has 1 heterocycles. The first kappa shape index (κ1) is 22.4. The number of aromatic nitrogens is 1. The molecule has 1 aromatic heterocycles. The number of anilines is 1. The third kappa shape index (κ3) is 5.47. The molecule has 0 fully saturated rings. The highest BCUT2D eigenvalue weighted by atomic mass is 35.5. The zero-order valence-corrected chi connectivity index (χ0v) is 18.7. The highest BCUT2D eigenvalue weighted by Gasteiger charge is 2.25. The van der Waals surface area contributed by atoms with Gasteiger partial charge in [0.15, 0.2) is 17.6 Å². The van der Waals surface area contributed by atoms with Gasteiger partial charge in [-0.15, -0.1) is 0 Å². The molecule has 3 rings (SSSR count). The number of hydrogen-bond donors (Lipinski definition) is 0. The molecule has 0 aliphatic carbocycles. The fraction of sp³-hybridized carbons (Fsp3) is 0.250. The predicted octanol–water partition coefficient (Wildman–Crippen LogP) is 5.06. The summed E-state index contributed by atoms with van der Waals surface area (Å²) >= 11 is 6.09. The average Bonchev–Trinajstić information content (AvgIpc) is 2.79. The lowest BCUT2D eigenvalue weighted by molar-refractivity contribution is -0.124. The Labute approximate surface area is 187 Å². The second-order valence-corrected chi connectivity index (χ2v) is 7.38. The Balaban J connectivity index is 1.86. The molecule has 0 N–H and O–H groups in total. The molecule has 31 heavy (non-hydrogen) atoms. The largest absolute Gasteiger partial charge is 0.493 e. The third-order valence-corrected chi connectivity index (χ3v) is 5.19. The van der Waals surface area contributed by atoms with E-state index in [4.69, 9.17) is 25.8 Å². The number of nitrogens with zero attached hydrogens (tertiary/aromatic N) is 2. The van der Waals surface area contributed by atoms with E-state index < -0.39 is 6.10 Å².